The van der Waals surface area contributed by atoms with Crippen LogP contribution in [0.15, 0.2) is 17.1 Å². The summed E-state index contributed by atoms with van der Waals surface area (Å²) < 4.78 is 0. The van der Waals surface area contributed by atoms with Crippen molar-refractivity contribution in [2.75, 3.05) is 13.6 Å². The van der Waals surface area contributed by atoms with Crippen molar-refractivity contribution in [2.24, 2.45) is 4.99 Å². The van der Waals surface area contributed by atoms with Crippen LogP contribution in [0.2, 0.25) is 0 Å². The highest BCUT2D eigenvalue weighted by Gasteiger charge is 2.05. The zero-order valence-electron chi connectivity index (χ0n) is 14.1. The summed E-state index contributed by atoms with van der Waals surface area (Å²) in [5, 5.41) is 7.89. The quantitative estimate of drug-likeness (QED) is 0.387. The molecule has 2 rings (SSSR count). The molecule has 128 valence electrons. The number of guanidine groups is 1. The van der Waals surface area contributed by atoms with Crippen LogP contribution in [0.4, 0.5) is 0 Å². The van der Waals surface area contributed by atoms with Crippen LogP contribution in [0.3, 0.4) is 0 Å². The molecule has 0 unspecified atom stereocenters. The monoisotopic (exact) mass is 464 g/mol. The van der Waals surface area contributed by atoms with Gasteiger partial charge in [0.1, 0.15) is 0 Å². The minimum atomic E-state index is 0. The first-order valence-electron chi connectivity index (χ1n) is 7.57. The Balaban J connectivity index is 0.00000264. The normalized spacial score (nSPS) is 11.2. The van der Waals surface area contributed by atoms with Crippen molar-refractivity contribution in [2.45, 2.75) is 40.2 Å². The molecule has 2 heterocycles. The first-order chi connectivity index (χ1) is 10.6. The number of hydrogen-bond acceptors (Lipinski definition) is 4. The van der Waals surface area contributed by atoms with Gasteiger partial charge < -0.3 is 10.6 Å². The molecule has 4 nitrogen and oxygen atoms in total. The molecule has 0 atom stereocenters. The van der Waals surface area contributed by atoms with E-state index in [4.69, 9.17) is 0 Å². The van der Waals surface area contributed by atoms with Crippen LogP contribution >= 0.6 is 46.7 Å². The molecule has 0 radical (unpaired) electrons. The van der Waals surface area contributed by atoms with Gasteiger partial charge in [0.05, 0.1) is 17.2 Å². The van der Waals surface area contributed by atoms with Crippen molar-refractivity contribution >= 4 is 52.6 Å². The summed E-state index contributed by atoms with van der Waals surface area (Å²) in [6.07, 6.45) is 2.03. The van der Waals surface area contributed by atoms with E-state index in [1.165, 1.54) is 19.6 Å². The molecule has 0 fully saturated rings. The standard InChI is InChI=1S/C16H24N4S2.HI/c1-5-13-6-7-14(22-13)10-19-16(17-4)18-9-8-15-20-11(2)12(3)21-15;/h6-7H,5,8-10H2,1-4H3,(H2,17,18,19);1H. The Morgan fingerprint density at radius 2 is 1.91 bits per heavy atom. The van der Waals surface area contributed by atoms with Crippen LogP contribution in [0.1, 0.15) is 32.3 Å². The van der Waals surface area contributed by atoms with Crippen molar-refractivity contribution in [3.05, 3.63) is 37.5 Å². The Bertz CT molecular complexity index is 614. The van der Waals surface area contributed by atoms with Gasteiger partial charge in [0.2, 0.25) is 0 Å². The number of thiazole rings is 1. The van der Waals surface area contributed by atoms with Gasteiger partial charge in [0.25, 0.3) is 0 Å². The second kappa shape index (κ2) is 10.2. The summed E-state index contributed by atoms with van der Waals surface area (Å²) in [4.78, 5) is 12.9. The molecule has 0 aliphatic rings. The molecule has 7 heteroatoms. The SMILES string of the molecule is CCc1ccc(CNC(=NC)NCCc2nc(C)c(C)s2)s1.I. The molecule has 0 spiro atoms. The van der Waals surface area contributed by atoms with Gasteiger partial charge in [-0.1, -0.05) is 6.92 Å². The smallest absolute Gasteiger partial charge is 0.191 e. The topological polar surface area (TPSA) is 49.3 Å². The van der Waals surface area contributed by atoms with Gasteiger partial charge in [-0.15, -0.1) is 46.7 Å². The van der Waals surface area contributed by atoms with Crippen molar-refractivity contribution in [1.82, 2.24) is 15.6 Å². The molecular weight excluding hydrogens is 439 g/mol. The van der Waals surface area contributed by atoms with Gasteiger partial charge in [0, 0.05) is 34.6 Å². The first kappa shape index (κ1) is 20.4. The molecule has 0 saturated carbocycles. The van der Waals surface area contributed by atoms with E-state index in [1.54, 1.807) is 18.4 Å². The molecule has 0 aromatic carbocycles. The second-order valence-electron chi connectivity index (χ2n) is 5.07. The van der Waals surface area contributed by atoms with Crippen LogP contribution < -0.4 is 10.6 Å². The molecule has 0 aliphatic heterocycles. The number of thiophene rings is 1. The van der Waals surface area contributed by atoms with E-state index in [2.05, 4.69) is 53.5 Å². The minimum absolute atomic E-state index is 0. The molecule has 0 saturated heterocycles. The first-order valence-corrected chi connectivity index (χ1v) is 9.20. The number of halogens is 1. The number of aryl methyl sites for hydroxylation is 3. The van der Waals surface area contributed by atoms with E-state index >= 15 is 0 Å². The van der Waals surface area contributed by atoms with Crippen LogP contribution in [-0.4, -0.2) is 24.5 Å². The van der Waals surface area contributed by atoms with Crippen molar-refractivity contribution in [3.63, 3.8) is 0 Å². The van der Waals surface area contributed by atoms with E-state index < -0.39 is 0 Å². The van der Waals surface area contributed by atoms with Crippen molar-refractivity contribution in [3.8, 4) is 0 Å². The zero-order valence-corrected chi connectivity index (χ0v) is 18.1. The number of nitrogens with one attached hydrogen (secondary N) is 2. The summed E-state index contributed by atoms with van der Waals surface area (Å²) in [7, 11) is 1.80. The summed E-state index contributed by atoms with van der Waals surface area (Å²) in [5.41, 5.74) is 1.15. The number of aliphatic imine (C=N–C) groups is 1. The van der Waals surface area contributed by atoms with Gasteiger partial charge in [-0.2, -0.15) is 0 Å². The van der Waals surface area contributed by atoms with Crippen LogP contribution in [-0.2, 0) is 19.4 Å². The Hall–Kier alpha value is -0.670. The lowest BCUT2D eigenvalue weighted by Crippen LogP contribution is -2.37. The average Bonchev–Trinajstić information content (AvgIpc) is 3.09. The Morgan fingerprint density at radius 3 is 2.48 bits per heavy atom. The van der Waals surface area contributed by atoms with E-state index in [9.17, 15) is 0 Å². The van der Waals surface area contributed by atoms with Gasteiger partial charge in [-0.05, 0) is 32.4 Å². The zero-order chi connectivity index (χ0) is 15.9. The largest absolute Gasteiger partial charge is 0.356 e. The van der Waals surface area contributed by atoms with E-state index in [-0.39, 0.29) is 24.0 Å². The molecule has 0 bridgehead atoms. The highest BCUT2D eigenvalue weighted by Crippen LogP contribution is 2.17. The molecular formula is C16H25IN4S2. The number of aromatic nitrogens is 1. The van der Waals surface area contributed by atoms with Crippen LogP contribution in [0.25, 0.3) is 0 Å². The van der Waals surface area contributed by atoms with E-state index in [1.807, 2.05) is 11.3 Å². The summed E-state index contributed by atoms with van der Waals surface area (Å²) >= 11 is 3.64. The maximum absolute atomic E-state index is 4.56. The van der Waals surface area contributed by atoms with Gasteiger partial charge in [-0.3, -0.25) is 4.99 Å². The van der Waals surface area contributed by atoms with Crippen LogP contribution in [0, 0.1) is 13.8 Å². The van der Waals surface area contributed by atoms with Crippen LogP contribution in [0.5, 0.6) is 0 Å². The van der Waals surface area contributed by atoms with Gasteiger partial charge >= 0.3 is 0 Å². The Labute approximate surface area is 163 Å². The predicted octanol–water partition coefficient (Wildman–Crippen LogP) is 3.91. The number of hydrogen-bond donors (Lipinski definition) is 2. The molecule has 2 N–H and O–H groups in total. The lowest BCUT2D eigenvalue weighted by Gasteiger charge is -2.10. The van der Waals surface area contributed by atoms with Crippen molar-refractivity contribution < 1.29 is 0 Å². The summed E-state index contributed by atoms with van der Waals surface area (Å²) in [6, 6.07) is 4.38. The number of rotatable bonds is 6. The fourth-order valence-electron chi connectivity index (χ4n) is 2.03. The Kier molecular flexibility index (Phi) is 9.08. The summed E-state index contributed by atoms with van der Waals surface area (Å²) in [6.45, 7) is 8.03. The second-order valence-corrected chi connectivity index (χ2v) is 7.61. The third-order valence-electron chi connectivity index (χ3n) is 3.42. The summed E-state index contributed by atoms with van der Waals surface area (Å²) in [5.74, 6) is 0.844. The van der Waals surface area contributed by atoms with Gasteiger partial charge in [0.15, 0.2) is 5.96 Å². The third-order valence-corrected chi connectivity index (χ3v) is 5.79. The highest BCUT2D eigenvalue weighted by molar-refractivity contribution is 14.0. The maximum atomic E-state index is 4.56. The lowest BCUT2D eigenvalue weighted by molar-refractivity contribution is 0.795. The molecule has 2 aromatic rings. The highest BCUT2D eigenvalue weighted by atomic mass is 127. The molecule has 2 aromatic heterocycles. The lowest BCUT2D eigenvalue weighted by atomic mass is 10.3. The number of nitrogens with zero attached hydrogens (tertiary/aromatic N) is 2. The van der Waals surface area contributed by atoms with E-state index in [0.717, 1.165) is 37.6 Å². The maximum Gasteiger partial charge on any atom is 0.191 e. The third kappa shape index (κ3) is 6.39. The molecule has 0 amide bonds. The van der Waals surface area contributed by atoms with Gasteiger partial charge in [-0.25, -0.2) is 4.98 Å². The molecule has 0 aliphatic carbocycles. The molecule has 23 heavy (non-hydrogen) atoms. The van der Waals surface area contributed by atoms with E-state index in [0.29, 0.717) is 0 Å². The van der Waals surface area contributed by atoms with Crippen molar-refractivity contribution in [1.29, 1.82) is 0 Å². The fourth-order valence-corrected chi connectivity index (χ4v) is 3.86. The minimum Gasteiger partial charge on any atom is -0.356 e. The predicted molar refractivity (Wildman–Crippen MR) is 113 cm³/mol. The average molecular weight is 464 g/mol. The fraction of sp³-hybridized carbons (Fsp3) is 0.500. The Morgan fingerprint density at radius 1 is 1.17 bits per heavy atom.